The van der Waals surface area contributed by atoms with Crippen LogP contribution in [-0.2, 0) is 6.54 Å². The summed E-state index contributed by atoms with van der Waals surface area (Å²) in [5.41, 5.74) is 0.940. The molecule has 1 fully saturated rings. The molecular formula is C17H32IN5O. The highest BCUT2D eigenvalue weighted by Crippen LogP contribution is 2.15. The lowest BCUT2D eigenvalue weighted by Gasteiger charge is -2.16. The van der Waals surface area contributed by atoms with Crippen molar-refractivity contribution in [3.8, 4) is 0 Å². The molecular weight excluding hydrogens is 417 g/mol. The van der Waals surface area contributed by atoms with Crippen LogP contribution in [0.4, 0.5) is 0 Å². The van der Waals surface area contributed by atoms with Crippen molar-refractivity contribution >= 4 is 29.9 Å². The Hall–Kier alpha value is -0.830. The highest BCUT2D eigenvalue weighted by atomic mass is 127. The van der Waals surface area contributed by atoms with Gasteiger partial charge in [-0.15, -0.1) is 24.0 Å². The van der Waals surface area contributed by atoms with Gasteiger partial charge in [-0.05, 0) is 52.6 Å². The molecule has 1 aliphatic rings. The maximum Gasteiger partial charge on any atom is 0.216 e. The smallest absolute Gasteiger partial charge is 0.216 e. The summed E-state index contributed by atoms with van der Waals surface area (Å²) >= 11 is 0. The van der Waals surface area contributed by atoms with Gasteiger partial charge in [0.2, 0.25) is 5.89 Å². The Kier molecular flexibility index (Phi) is 9.65. The highest BCUT2D eigenvalue weighted by Gasteiger charge is 2.21. The molecule has 1 atom stereocenters. The van der Waals surface area contributed by atoms with Gasteiger partial charge < -0.3 is 20.0 Å². The fourth-order valence-corrected chi connectivity index (χ4v) is 2.94. The van der Waals surface area contributed by atoms with Crippen LogP contribution < -0.4 is 10.6 Å². The van der Waals surface area contributed by atoms with E-state index < -0.39 is 0 Å². The quantitative estimate of drug-likeness (QED) is 0.381. The summed E-state index contributed by atoms with van der Waals surface area (Å²) in [6.45, 7) is 14.1. The Morgan fingerprint density at radius 3 is 2.75 bits per heavy atom. The molecule has 0 aliphatic carbocycles. The van der Waals surface area contributed by atoms with Gasteiger partial charge in [0.1, 0.15) is 12.3 Å². The summed E-state index contributed by atoms with van der Waals surface area (Å²) in [5, 5.41) is 6.75. The maximum absolute atomic E-state index is 5.58. The molecule has 1 aromatic rings. The summed E-state index contributed by atoms with van der Waals surface area (Å²) in [4.78, 5) is 11.5. The van der Waals surface area contributed by atoms with E-state index in [2.05, 4.69) is 39.4 Å². The van der Waals surface area contributed by atoms with Gasteiger partial charge in [0.25, 0.3) is 0 Å². The average molecular weight is 449 g/mol. The highest BCUT2D eigenvalue weighted by molar-refractivity contribution is 14.0. The van der Waals surface area contributed by atoms with Gasteiger partial charge in [-0.25, -0.2) is 9.98 Å². The molecule has 138 valence electrons. The largest absolute Gasteiger partial charge is 0.444 e. The Labute approximate surface area is 162 Å². The van der Waals surface area contributed by atoms with Crippen LogP contribution in [0.1, 0.15) is 44.0 Å². The van der Waals surface area contributed by atoms with Gasteiger partial charge >= 0.3 is 0 Å². The molecule has 6 nitrogen and oxygen atoms in total. The van der Waals surface area contributed by atoms with Crippen LogP contribution in [0.15, 0.2) is 9.41 Å². The van der Waals surface area contributed by atoms with Gasteiger partial charge in [0.05, 0.1) is 5.69 Å². The molecule has 7 heteroatoms. The van der Waals surface area contributed by atoms with E-state index in [0.29, 0.717) is 18.4 Å². The van der Waals surface area contributed by atoms with Crippen molar-refractivity contribution in [1.29, 1.82) is 0 Å². The molecule has 2 heterocycles. The van der Waals surface area contributed by atoms with Crippen molar-refractivity contribution < 1.29 is 4.42 Å². The number of rotatable bonds is 7. The molecule has 1 aliphatic heterocycles. The van der Waals surface area contributed by atoms with Crippen molar-refractivity contribution in [2.45, 2.75) is 47.1 Å². The van der Waals surface area contributed by atoms with E-state index in [0.717, 1.165) is 30.5 Å². The minimum absolute atomic E-state index is 0. The summed E-state index contributed by atoms with van der Waals surface area (Å²) in [5.74, 6) is 3.09. The average Bonchev–Trinajstić information content (AvgIpc) is 3.10. The molecule has 0 aromatic carbocycles. The van der Waals surface area contributed by atoms with Gasteiger partial charge in [-0.1, -0.05) is 6.92 Å². The van der Waals surface area contributed by atoms with Gasteiger partial charge in [0.15, 0.2) is 5.96 Å². The number of guanidine groups is 1. The van der Waals surface area contributed by atoms with Crippen LogP contribution in [0.25, 0.3) is 0 Å². The van der Waals surface area contributed by atoms with E-state index >= 15 is 0 Å². The number of hydrogen-bond acceptors (Lipinski definition) is 4. The van der Waals surface area contributed by atoms with Crippen LogP contribution in [-0.4, -0.2) is 48.6 Å². The second kappa shape index (κ2) is 10.9. The number of hydrogen-bond donors (Lipinski definition) is 2. The lowest BCUT2D eigenvalue weighted by Crippen LogP contribution is -2.40. The lowest BCUT2D eigenvalue weighted by atomic mass is 10.1. The number of nitrogens with one attached hydrogen (secondary N) is 2. The zero-order valence-corrected chi connectivity index (χ0v) is 17.7. The first kappa shape index (κ1) is 21.2. The van der Waals surface area contributed by atoms with Crippen LogP contribution >= 0.6 is 24.0 Å². The van der Waals surface area contributed by atoms with Crippen molar-refractivity contribution in [1.82, 2.24) is 20.5 Å². The minimum atomic E-state index is 0. The SMILES string of the molecule is CCCN1CCC(CNC(=NCc2nc(C)c(C)o2)NCC)C1.I. The van der Waals surface area contributed by atoms with Crippen LogP contribution in [0.3, 0.4) is 0 Å². The first-order chi connectivity index (χ1) is 11.1. The van der Waals surface area contributed by atoms with Gasteiger partial charge in [-0.2, -0.15) is 0 Å². The maximum atomic E-state index is 5.58. The Bertz CT molecular complexity index is 498. The fraction of sp³-hybridized carbons (Fsp3) is 0.765. The summed E-state index contributed by atoms with van der Waals surface area (Å²) in [7, 11) is 0. The van der Waals surface area contributed by atoms with E-state index in [1.165, 1.54) is 32.5 Å². The zero-order valence-electron chi connectivity index (χ0n) is 15.4. The van der Waals surface area contributed by atoms with Gasteiger partial charge in [0, 0.05) is 19.6 Å². The van der Waals surface area contributed by atoms with Crippen molar-refractivity contribution in [3.05, 3.63) is 17.3 Å². The van der Waals surface area contributed by atoms with Crippen LogP contribution in [0.5, 0.6) is 0 Å². The third-order valence-corrected chi connectivity index (χ3v) is 4.26. The number of nitrogens with zero attached hydrogens (tertiary/aromatic N) is 3. The summed E-state index contributed by atoms with van der Waals surface area (Å²) < 4.78 is 5.58. The standard InChI is InChI=1S/C17H31N5O.HI/c1-5-8-22-9-7-15(12-22)10-19-17(18-6-2)20-11-16-21-13(3)14(4)23-16;/h15H,5-12H2,1-4H3,(H2,18,19,20);1H. The first-order valence-corrected chi connectivity index (χ1v) is 8.79. The Morgan fingerprint density at radius 1 is 1.33 bits per heavy atom. The van der Waals surface area contributed by atoms with Crippen LogP contribution in [0, 0.1) is 19.8 Å². The molecule has 1 saturated heterocycles. The molecule has 24 heavy (non-hydrogen) atoms. The Balaban J connectivity index is 0.00000288. The number of aromatic nitrogens is 1. The predicted octanol–water partition coefficient (Wildman–Crippen LogP) is 2.70. The molecule has 2 rings (SSSR count). The van der Waals surface area contributed by atoms with Crippen molar-refractivity contribution in [2.24, 2.45) is 10.9 Å². The monoisotopic (exact) mass is 449 g/mol. The number of aliphatic imine (C=N–C) groups is 1. The first-order valence-electron chi connectivity index (χ1n) is 8.79. The minimum Gasteiger partial charge on any atom is -0.444 e. The van der Waals surface area contributed by atoms with Gasteiger partial charge in [-0.3, -0.25) is 0 Å². The van der Waals surface area contributed by atoms with E-state index in [9.17, 15) is 0 Å². The molecule has 0 spiro atoms. The number of likely N-dealkylation sites (tertiary alicyclic amines) is 1. The second-order valence-corrected chi connectivity index (χ2v) is 6.28. The third kappa shape index (κ3) is 6.58. The predicted molar refractivity (Wildman–Crippen MR) is 109 cm³/mol. The number of halogens is 1. The van der Waals surface area contributed by atoms with E-state index in [-0.39, 0.29) is 24.0 Å². The second-order valence-electron chi connectivity index (χ2n) is 6.28. The molecule has 1 aromatic heterocycles. The summed E-state index contributed by atoms with van der Waals surface area (Å²) in [6.07, 6.45) is 2.50. The third-order valence-electron chi connectivity index (χ3n) is 4.26. The van der Waals surface area contributed by atoms with Crippen molar-refractivity contribution in [3.63, 3.8) is 0 Å². The molecule has 2 N–H and O–H groups in total. The number of oxazole rings is 1. The lowest BCUT2D eigenvalue weighted by molar-refractivity contribution is 0.324. The van der Waals surface area contributed by atoms with Crippen molar-refractivity contribution in [2.75, 3.05) is 32.7 Å². The fourth-order valence-electron chi connectivity index (χ4n) is 2.94. The molecule has 0 amide bonds. The topological polar surface area (TPSA) is 65.7 Å². The molecule has 0 radical (unpaired) electrons. The molecule has 1 unspecified atom stereocenters. The Morgan fingerprint density at radius 2 is 2.12 bits per heavy atom. The van der Waals surface area contributed by atoms with E-state index in [4.69, 9.17) is 4.42 Å². The zero-order chi connectivity index (χ0) is 16.7. The molecule has 0 saturated carbocycles. The molecule has 0 bridgehead atoms. The summed E-state index contributed by atoms with van der Waals surface area (Å²) in [6, 6.07) is 0. The normalized spacial score (nSPS) is 18.5. The van der Waals surface area contributed by atoms with Crippen LogP contribution in [0.2, 0.25) is 0 Å². The van der Waals surface area contributed by atoms with E-state index in [1.807, 2.05) is 13.8 Å². The number of aryl methyl sites for hydroxylation is 2. The van der Waals surface area contributed by atoms with E-state index in [1.54, 1.807) is 0 Å².